The van der Waals surface area contributed by atoms with Gasteiger partial charge in [-0.25, -0.2) is 4.39 Å². The smallest absolute Gasteiger partial charge is 0.232 e. The molecule has 3 nitrogen and oxygen atoms in total. The Hall–Kier alpha value is -1.07. The van der Waals surface area contributed by atoms with Gasteiger partial charge in [0.1, 0.15) is 5.82 Å². The van der Waals surface area contributed by atoms with Crippen molar-refractivity contribution in [1.29, 1.82) is 0 Å². The molecule has 110 valence electrons. The summed E-state index contributed by atoms with van der Waals surface area (Å²) < 4.78 is 18.8. The number of thioether (sulfide) groups is 1. The first-order valence-corrected chi connectivity index (χ1v) is 8.21. The van der Waals surface area contributed by atoms with Gasteiger partial charge in [0.2, 0.25) is 5.91 Å². The maximum atomic E-state index is 13.2. The van der Waals surface area contributed by atoms with Gasteiger partial charge in [-0.1, -0.05) is 12.1 Å². The highest BCUT2D eigenvalue weighted by molar-refractivity contribution is 7.99. The minimum Gasteiger partial charge on any atom is -0.376 e. The molecule has 1 saturated heterocycles. The average Bonchev–Trinajstić information content (AvgIpc) is 2.91. The van der Waals surface area contributed by atoms with Crippen LogP contribution in [0.4, 0.5) is 4.39 Å². The average molecular weight is 297 g/mol. The highest BCUT2D eigenvalue weighted by atomic mass is 32.2. The van der Waals surface area contributed by atoms with E-state index in [-0.39, 0.29) is 17.8 Å². The molecule has 0 radical (unpaired) electrons. The van der Waals surface area contributed by atoms with E-state index in [1.54, 1.807) is 11.0 Å². The van der Waals surface area contributed by atoms with E-state index in [4.69, 9.17) is 4.74 Å². The number of hydrogen-bond acceptors (Lipinski definition) is 3. The lowest BCUT2D eigenvalue weighted by molar-refractivity contribution is -0.130. The summed E-state index contributed by atoms with van der Waals surface area (Å²) in [7, 11) is 0. The second kappa shape index (κ2) is 7.64. The molecule has 0 aliphatic carbocycles. The van der Waals surface area contributed by atoms with Gasteiger partial charge in [0.05, 0.1) is 11.9 Å². The maximum Gasteiger partial charge on any atom is 0.232 e. The zero-order valence-electron chi connectivity index (χ0n) is 11.7. The Kier molecular flexibility index (Phi) is 5.86. The van der Waals surface area contributed by atoms with E-state index in [0.717, 1.165) is 25.0 Å². The molecule has 0 saturated carbocycles. The summed E-state index contributed by atoms with van der Waals surface area (Å²) in [6, 6.07) is 6.42. The van der Waals surface area contributed by atoms with Gasteiger partial charge in [0.25, 0.3) is 0 Å². The van der Waals surface area contributed by atoms with Crippen LogP contribution in [0.3, 0.4) is 0 Å². The Bertz CT molecular complexity index is 449. The second-order valence-corrected chi connectivity index (χ2v) is 5.84. The van der Waals surface area contributed by atoms with Crippen LogP contribution in [0.5, 0.6) is 0 Å². The van der Waals surface area contributed by atoms with Crippen molar-refractivity contribution in [3.05, 3.63) is 35.6 Å². The fourth-order valence-electron chi connectivity index (χ4n) is 2.36. The molecule has 0 N–H and O–H groups in total. The molecular weight excluding hydrogens is 277 g/mol. The lowest BCUT2D eigenvalue weighted by atomic mass is 10.2. The van der Waals surface area contributed by atoms with Crippen LogP contribution >= 0.6 is 11.8 Å². The van der Waals surface area contributed by atoms with Crippen LogP contribution in [0.2, 0.25) is 0 Å². The minimum atomic E-state index is -0.267. The monoisotopic (exact) mass is 297 g/mol. The number of nitrogens with zero attached hydrogens (tertiary/aromatic N) is 1. The molecule has 20 heavy (non-hydrogen) atoms. The quantitative estimate of drug-likeness (QED) is 0.808. The second-order valence-electron chi connectivity index (χ2n) is 4.97. The lowest BCUT2D eigenvalue weighted by Crippen LogP contribution is -2.38. The number of hydrogen-bond donors (Lipinski definition) is 0. The van der Waals surface area contributed by atoms with Gasteiger partial charge in [-0.2, -0.15) is 11.8 Å². The van der Waals surface area contributed by atoms with Gasteiger partial charge in [-0.3, -0.25) is 4.79 Å². The topological polar surface area (TPSA) is 29.5 Å². The standard InChI is InChI=1S/C15H20FNO2S/c1-20-11-15(18)17(10-14-6-3-7-19-14)9-12-4-2-5-13(16)8-12/h2,4-5,8,14H,3,6-7,9-11H2,1H3/t14-/m0/s1. The Morgan fingerprint density at radius 3 is 3.05 bits per heavy atom. The van der Waals surface area contributed by atoms with Crippen LogP contribution in [0, 0.1) is 5.82 Å². The third-order valence-electron chi connectivity index (χ3n) is 3.33. The molecule has 1 aromatic carbocycles. The highest BCUT2D eigenvalue weighted by Crippen LogP contribution is 2.16. The van der Waals surface area contributed by atoms with Crippen molar-refractivity contribution < 1.29 is 13.9 Å². The number of ether oxygens (including phenoxy) is 1. The van der Waals surface area contributed by atoms with Crippen LogP contribution in [-0.2, 0) is 16.1 Å². The van der Waals surface area contributed by atoms with E-state index < -0.39 is 0 Å². The number of benzene rings is 1. The van der Waals surface area contributed by atoms with Gasteiger partial charge in [0.15, 0.2) is 0 Å². The lowest BCUT2D eigenvalue weighted by Gasteiger charge is -2.25. The van der Waals surface area contributed by atoms with E-state index in [9.17, 15) is 9.18 Å². The van der Waals surface area contributed by atoms with Crippen LogP contribution in [0.15, 0.2) is 24.3 Å². The van der Waals surface area contributed by atoms with E-state index in [1.807, 2.05) is 12.3 Å². The molecule has 5 heteroatoms. The van der Waals surface area contributed by atoms with Crippen molar-refractivity contribution in [3.8, 4) is 0 Å². The Labute approximate surface area is 123 Å². The summed E-state index contributed by atoms with van der Waals surface area (Å²) in [5, 5.41) is 0. The first kappa shape index (κ1) is 15.3. The van der Waals surface area contributed by atoms with Crippen molar-refractivity contribution in [2.45, 2.75) is 25.5 Å². The predicted octanol–water partition coefficient (Wildman–Crippen LogP) is 2.70. The van der Waals surface area contributed by atoms with Crippen molar-refractivity contribution in [2.75, 3.05) is 25.2 Å². The normalized spacial score (nSPS) is 18.2. The third-order valence-corrected chi connectivity index (χ3v) is 3.87. The Morgan fingerprint density at radius 1 is 1.55 bits per heavy atom. The van der Waals surface area contributed by atoms with Crippen molar-refractivity contribution in [3.63, 3.8) is 0 Å². The molecule has 1 amide bonds. The SMILES string of the molecule is CSCC(=O)N(Cc1cccc(F)c1)C[C@@H]1CCCO1. The van der Waals surface area contributed by atoms with E-state index in [1.165, 1.54) is 23.9 Å². The molecule has 0 unspecified atom stereocenters. The first-order chi connectivity index (χ1) is 9.69. The van der Waals surface area contributed by atoms with Gasteiger partial charge in [0, 0.05) is 19.7 Å². The highest BCUT2D eigenvalue weighted by Gasteiger charge is 2.22. The van der Waals surface area contributed by atoms with Gasteiger partial charge in [-0.05, 0) is 36.8 Å². The predicted molar refractivity (Wildman–Crippen MR) is 79.2 cm³/mol. The molecule has 2 rings (SSSR count). The van der Waals surface area contributed by atoms with Crippen LogP contribution in [0.1, 0.15) is 18.4 Å². The van der Waals surface area contributed by atoms with Crippen LogP contribution in [0.25, 0.3) is 0 Å². The van der Waals surface area contributed by atoms with Crippen molar-refractivity contribution in [2.24, 2.45) is 0 Å². The van der Waals surface area contributed by atoms with Gasteiger partial charge in [-0.15, -0.1) is 0 Å². The summed E-state index contributed by atoms with van der Waals surface area (Å²) in [6.45, 7) is 1.81. The fraction of sp³-hybridized carbons (Fsp3) is 0.533. The summed E-state index contributed by atoms with van der Waals surface area (Å²) in [6.07, 6.45) is 4.07. The number of carbonyl (C=O) groups is 1. The molecule has 0 bridgehead atoms. The summed E-state index contributed by atoms with van der Waals surface area (Å²) in [4.78, 5) is 14.0. The Balaban J connectivity index is 2.02. The van der Waals surface area contributed by atoms with E-state index in [0.29, 0.717) is 18.8 Å². The largest absolute Gasteiger partial charge is 0.376 e. The molecule has 0 aromatic heterocycles. The number of amides is 1. The van der Waals surface area contributed by atoms with E-state index in [2.05, 4.69) is 0 Å². The summed E-state index contributed by atoms with van der Waals surface area (Å²) in [5.41, 5.74) is 0.817. The molecule has 1 aliphatic heterocycles. The van der Waals surface area contributed by atoms with Crippen LogP contribution < -0.4 is 0 Å². The molecule has 1 heterocycles. The van der Waals surface area contributed by atoms with Crippen molar-refractivity contribution >= 4 is 17.7 Å². The Morgan fingerprint density at radius 2 is 2.40 bits per heavy atom. The van der Waals surface area contributed by atoms with Gasteiger partial charge >= 0.3 is 0 Å². The molecule has 1 aromatic rings. The molecule has 1 fully saturated rings. The number of carbonyl (C=O) groups excluding carboxylic acids is 1. The zero-order chi connectivity index (χ0) is 14.4. The molecule has 1 atom stereocenters. The number of halogens is 1. The number of rotatable bonds is 6. The summed E-state index contributed by atoms with van der Waals surface area (Å²) in [5.74, 6) is 0.260. The molecular formula is C15H20FNO2S. The third kappa shape index (κ3) is 4.49. The fourth-order valence-corrected chi connectivity index (χ4v) is 2.79. The maximum absolute atomic E-state index is 13.2. The minimum absolute atomic E-state index is 0.0808. The van der Waals surface area contributed by atoms with E-state index >= 15 is 0 Å². The zero-order valence-corrected chi connectivity index (χ0v) is 12.5. The van der Waals surface area contributed by atoms with Crippen LogP contribution in [-0.4, -0.2) is 42.1 Å². The van der Waals surface area contributed by atoms with Gasteiger partial charge < -0.3 is 9.64 Å². The molecule has 0 spiro atoms. The van der Waals surface area contributed by atoms with Crippen molar-refractivity contribution in [1.82, 2.24) is 4.90 Å². The summed E-state index contributed by atoms with van der Waals surface area (Å²) >= 11 is 1.50. The molecule has 1 aliphatic rings. The first-order valence-electron chi connectivity index (χ1n) is 6.82.